The number of aliphatic hydroxyl groups is 1. The van der Waals surface area contributed by atoms with Crippen LogP contribution >= 0.6 is 0 Å². The molecule has 1 fully saturated rings. The molecule has 3 aromatic rings. The number of rotatable bonds is 5. The molecule has 2 amide bonds. The molecule has 8 nitrogen and oxygen atoms in total. The van der Waals surface area contributed by atoms with Crippen LogP contribution in [0.2, 0.25) is 0 Å². The highest BCUT2D eigenvalue weighted by Gasteiger charge is 2.29. The number of halogens is 1. The lowest BCUT2D eigenvalue weighted by Gasteiger charge is -2.37. The highest BCUT2D eigenvalue weighted by atomic mass is 19.1. The minimum absolute atomic E-state index is 0.0751. The molecule has 0 aliphatic carbocycles. The van der Waals surface area contributed by atoms with Crippen molar-refractivity contribution in [2.75, 3.05) is 37.7 Å². The Labute approximate surface area is 178 Å². The summed E-state index contributed by atoms with van der Waals surface area (Å²) in [6.07, 6.45) is 1.35. The molecule has 0 radical (unpaired) electrons. The Morgan fingerprint density at radius 3 is 2.39 bits per heavy atom. The van der Waals surface area contributed by atoms with Gasteiger partial charge in [-0.2, -0.15) is 0 Å². The fourth-order valence-corrected chi connectivity index (χ4v) is 3.54. The van der Waals surface area contributed by atoms with E-state index in [-0.39, 0.29) is 17.4 Å². The largest absolute Gasteiger partial charge is 0.394 e. The van der Waals surface area contributed by atoms with Crippen LogP contribution < -0.4 is 10.2 Å². The van der Waals surface area contributed by atoms with Gasteiger partial charge in [-0.05, 0) is 36.4 Å². The van der Waals surface area contributed by atoms with Crippen molar-refractivity contribution in [3.8, 4) is 0 Å². The first-order valence-electron chi connectivity index (χ1n) is 9.98. The van der Waals surface area contributed by atoms with Crippen LogP contribution in [0.5, 0.6) is 0 Å². The number of para-hydroxylation sites is 2. The van der Waals surface area contributed by atoms with Crippen LogP contribution in [0, 0.1) is 5.82 Å². The number of anilines is 1. The zero-order chi connectivity index (χ0) is 21.8. The van der Waals surface area contributed by atoms with Crippen molar-refractivity contribution in [2.24, 2.45) is 0 Å². The number of amides is 2. The molecule has 1 unspecified atom stereocenters. The summed E-state index contributed by atoms with van der Waals surface area (Å²) in [6.45, 7) is 1.47. The highest BCUT2D eigenvalue weighted by molar-refractivity contribution is 5.97. The molecule has 0 spiro atoms. The van der Waals surface area contributed by atoms with E-state index < -0.39 is 18.6 Å². The van der Waals surface area contributed by atoms with Gasteiger partial charge in [0.15, 0.2) is 0 Å². The summed E-state index contributed by atoms with van der Waals surface area (Å²) in [5.74, 6) is -1.23. The SMILES string of the molecule is O=C(NC(CO)C(=O)N1CCN(c2ccc(F)cc2)CC1)c1cnc2ccccc2n1. The first kappa shape index (κ1) is 20.7. The smallest absolute Gasteiger partial charge is 0.272 e. The van der Waals surface area contributed by atoms with Gasteiger partial charge in [-0.15, -0.1) is 0 Å². The Bertz CT molecular complexity index is 1080. The predicted molar refractivity (Wildman–Crippen MR) is 113 cm³/mol. The van der Waals surface area contributed by atoms with Crippen LogP contribution in [0.3, 0.4) is 0 Å². The number of carbonyl (C=O) groups excluding carboxylic acids is 2. The standard InChI is InChI=1S/C22H22FN5O3/c23-15-5-7-16(8-6-15)27-9-11-28(12-10-27)22(31)20(14-29)26-21(30)19-13-24-17-3-1-2-4-18(17)25-19/h1-8,13,20,29H,9-12,14H2,(H,26,30). The van der Waals surface area contributed by atoms with Crippen LogP contribution in [0.1, 0.15) is 10.5 Å². The van der Waals surface area contributed by atoms with Crippen LogP contribution in [0.4, 0.5) is 10.1 Å². The number of nitrogens with one attached hydrogen (secondary N) is 1. The van der Waals surface area contributed by atoms with Gasteiger partial charge in [-0.1, -0.05) is 12.1 Å². The molecule has 31 heavy (non-hydrogen) atoms. The van der Waals surface area contributed by atoms with Crippen molar-refractivity contribution in [3.05, 3.63) is 66.2 Å². The third-order valence-electron chi connectivity index (χ3n) is 5.25. The van der Waals surface area contributed by atoms with Gasteiger partial charge in [0.1, 0.15) is 17.6 Å². The monoisotopic (exact) mass is 423 g/mol. The number of hydrogen-bond donors (Lipinski definition) is 2. The summed E-state index contributed by atoms with van der Waals surface area (Å²) in [7, 11) is 0. The number of aliphatic hydroxyl groups excluding tert-OH is 1. The lowest BCUT2D eigenvalue weighted by Crippen LogP contribution is -2.56. The van der Waals surface area contributed by atoms with Gasteiger partial charge in [-0.25, -0.2) is 9.37 Å². The number of aromatic nitrogens is 2. The van der Waals surface area contributed by atoms with Crippen LogP contribution in [0.15, 0.2) is 54.7 Å². The average Bonchev–Trinajstić information content (AvgIpc) is 2.82. The topological polar surface area (TPSA) is 98.7 Å². The van der Waals surface area contributed by atoms with Crippen LogP contribution in [-0.2, 0) is 4.79 Å². The van der Waals surface area contributed by atoms with Gasteiger partial charge in [0.2, 0.25) is 5.91 Å². The second kappa shape index (κ2) is 9.05. The third kappa shape index (κ3) is 4.61. The van der Waals surface area contributed by atoms with Gasteiger partial charge in [0.05, 0.1) is 23.8 Å². The zero-order valence-corrected chi connectivity index (χ0v) is 16.7. The molecule has 1 atom stereocenters. The first-order valence-corrected chi connectivity index (χ1v) is 9.98. The Balaban J connectivity index is 1.37. The molecule has 2 N–H and O–H groups in total. The number of benzene rings is 2. The number of nitrogens with zero attached hydrogens (tertiary/aromatic N) is 4. The molecule has 9 heteroatoms. The third-order valence-corrected chi connectivity index (χ3v) is 5.25. The Hall–Kier alpha value is -3.59. The van der Waals surface area contributed by atoms with Gasteiger partial charge >= 0.3 is 0 Å². The summed E-state index contributed by atoms with van der Waals surface area (Å²) in [5, 5.41) is 12.3. The van der Waals surface area contributed by atoms with Crippen molar-refractivity contribution in [2.45, 2.75) is 6.04 Å². The van der Waals surface area contributed by atoms with E-state index in [1.54, 1.807) is 35.2 Å². The normalized spacial score (nSPS) is 15.0. The molecule has 1 aliphatic heterocycles. The van der Waals surface area contributed by atoms with Gasteiger partial charge in [0, 0.05) is 31.9 Å². The first-order chi connectivity index (χ1) is 15.0. The maximum atomic E-state index is 13.1. The summed E-state index contributed by atoms with van der Waals surface area (Å²) in [4.78, 5) is 37.6. The van der Waals surface area contributed by atoms with E-state index in [4.69, 9.17) is 0 Å². The predicted octanol–water partition coefficient (Wildman–Crippen LogP) is 1.21. The maximum absolute atomic E-state index is 13.1. The lowest BCUT2D eigenvalue weighted by molar-refractivity contribution is -0.134. The number of carbonyl (C=O) groups is 2. The van der Waals surface area contributed by atoms with Crippen molar-refractivity contribution < 1.29 is 19.1 Å². The molecular weight excluding hydrogens is 401 g/mol. The molecular formula is C22H22FN5O3. The summed E-state index contributed by atoms with van der Waals surface area (Å²) in [5.41, 5.74) is 2.19. The maximum Gasteiger partial charge on any atom is 0.272 e. The Kier molecular flexibility index (Phi) is 6.03. The van der Waals surface area contributed by atoms with Crippen molar-refractivity contribution in [3.63, 3.8) is 0 Å². The van der Waals surface area contributed by atoms with E-state index in [1.165, 1.54) is 18.3 Å². The van der Waals surface area contributed by atoms with E-state index in [1.807, 2.05) is 6.07 Å². The van der Waals surface area contributed by atoms with Crippen molar-refractivity contribution in [1.82, 2.24) is 20.2 Å². The van der Waals surface area contributed by atoms with Gasteiger partial charge < -0.3 is 20.2 Å². The average molecular weight is 423 g/mol. The summed E-state index contributed by atoms with van der Waals surface area (Å²) >= 11 is 0. The van der Waals surface area contributed by atoms with E-state index >= 15 is 0 Å². The van der Waals surface area contributed by atoms with Crippen molar-refractivity contribution in [1.29, 1.82) is 0 Å². The quantitative estimate of drug-likeness (QED) is 0.640. The molecule has 1 aliphatic rings. The molecule has 4 rings (SSSR count). The van der Waals surface area contributed by atoms with Gasteiger partial charge in [-0.3, -0.25) is 14.6 Å². The summed E-state index contributed by atoms with van der Waals surface area (Å²) < 4.78 is 13.1. The van der Waals surface area contributed by atoms with E-state index in [9.17, 15) is 19.1 Å². The van der Waals surface area contributed by atoms with E-state index in [2.05, 4.69) is 20.2 Å². The molecule has 2 heterocycles. The molecule has 2 aromatic carbocycles. The second-order valence-corrected chi connectivity index (χ2v) is 7.24. The lowest BCUT2D eigenvalue weighted by atomic mass is 10.2. The van der Waals surface area contributed by atoms with E-state index in [0.717, 1.165) is 5.69 Å². The minimum atomic E-state index is -1.07. The second-order valence-electron chi connectivity index (χ2n) is 7.24. The Morgan fingerprint density at radius 1 is 1.03 bits per heavy atom. The van der Waals surface area contributed by atoms with Crippen LogP contribution in [0.25, 0.3) is 11.0 Å². The zero-order valence-electron chi connectivity index (χ0n) is 16.7. The van der Waals surface area contributed by atoms with E-state index in [0.29, 0.717) is 37.2 Å². The number of piperazine rings is 1. The molecule has 0 bridgehead atoms. The highest BCUT2D eigenvalue weighted by Crippen LogP contribution is 2.17. The summed E-state index contributed by atoms with van der Waals surface area (Å²) in [6, 6.07) is 12.3. The molecule has 160 valence electrons. The Morgan fingerprint density at radius 2 is 1.71 bits per heavy atom. The fourth-order valence-electron chi connectivity index (χ4n) is 3.54. The number of hydrogen-bond acceptors (Lipinski definition) is 6. The van der Waals surface area contributed by atoms with Gasteiger partial charge in [0.25, 0.3) is 5.91 Å². The molecule has 1 saturated heterocycles. The van der Waals surface area contributed by atoms with Crippen molar-refractivity contribution >= 4 is 28.5 Å². The van der Waals surface area contributed by atoms with Crippen LogP contribution in [-0.4, -0.2) is 70.6 Å². The molecule has 0 saturated carbocycles. The minimum Gasteiger partial charge on any atom is -0.394 e. The fraction of sp³-hybridized carbons (Fsp3) is 0.273. The number of fused-ring (bicyclic) bond motifs is 1. The molecule has 1 aromatic heterocycles.